The summed E-state index contributed by atoms with van der Waals surface area (Å²) in [6.07, 6.45) is 2.88. The highest BCUT2D eigenvalue weighted by Gasteiger charge is 2.11. The quantitative estimate of drug-likeness (QED) is 0.494. The Hall–Kier alpha value is -4.01. The zero-order valence-corrected chi connectivity index (χ0v) is 16.8. The monoisotopic (exact) mass is 421 g/mol. The summed E-state index contributed by atoms with van der Waals surface area (Å²) in [4.78, 5) is 29.3. The van der Waals surface area contributed by atoms with Crippen molar-refractivity contribution in [2.45, 2.75) is 13.1 Å². The molecular formula is C22H20FN5O3. The van der Waals surface area contributed by atoms with E-state index in [-0.39, 0.29) is 23.8 Å². The summed E-state index contributed by atoms with van der Waals surface area (Å²) < 4.78 is 21.5. The molecule has 0 radical (unpaired) electrons. The van der Waals surface area contributed by atoms with Crippen LogP contribution >= 0.6 is 0 Å². The number of amides is 1. The van der Waals surface area contributed by atoms with E-state index >= 15 is 0 Å². The molecule has 0 fully saturated rings. The lowest BCUT2D eigenvalue weighted by atomic mass is 10.2. The summed E-state index contributed by atoms with van der Waals surface area (Å²) in [7, 11) is 1.56. The molecule has 1 N–H and O–H groups in total. The number of hydrogen-bond donors (Lipinski definition) is 1. The second-order valence-electron chi connectivity index (χ2n) is 6.90. The molecule has 0 bridgehead atoms. The average Bonchev–Trinajstić information content (AvgIpc) is 3.19. The van der Waals surface area contributed by atoms with Crippen molar-refractivity contribution in [1.29, 1.82) is 0 Å². The van der Waals surface area contributed by atoms with Crippen LogP contribution in [0.15, 0.2) is 65.8 Å². The molecule has 0 atom stereocenters. The number of ether oxygens (including phenoxy) is 1. The Morgan fingerprint density at radius 2 is 2.00 bits per heavy atom. The molecule has 2 heterocycles. The highest BCUT2D eigenvalue weighted by molar-refractivity contribution is 5.94. The Bertz CT molecular complexity index is 1280. The van der Waals surface area contributed by atoms with Crippen LogP contribution in [0.2, 0.25) is 0 Å². The second kappa shape index (κ2) is 8.78. The molecule has 31 heavy (non-hydrogen) atoms. The third-order valence-electron chi connectivity index (χ3n) is 4.83. The van der Waals surface area contributed by atoms with Crippen molar-refractivity contribution in [2.24, 2.45) is 0 Å². The number of halogens is 1. The first kappa shape index (κ1) is 20.3. The molecule has 9 heteroatoms. The highest BCUT2D eigenvalue weighted by atomic mass is 19.1. The van der Waals surface area contributed by atoms with Gasteiger partial charge in [-0.15, -0.1) is 0 Å². The van der Waals surface area contributed by atoms with Gasteiger partial charge in [-0.1, -0.05) is 12.1 Å². The molecule has 1 amide bonds. The number of aromatic nitrogens is 4. The third-order valence-corrected chi connectivity index (χ3v) is 4.83. The third kappa shape index (κ3) is 4.45. The van der Waals surface area contributed by atoms with Gasteiger partial charge < -0.3 is 10.1 Å². The van der Waals surface area contributed by atoms with Gasteiger partial charge in [0.1, 0.15) is 23.3 Å². The zero-order valence-electron chi connectivity index (χ0n) is 16.8. The summed E-state index contributed by atoms with van der Waals surface area (Å²) in [5.41, 5.74) is 1.35. The van der Waals surface area contributed by atoms with E-state index in [1.807, 2.05) is 0 Å². The van der Waals surface area contributed by atoms with Crippen LogP contribution in [-0.2, 0) is 13.1 Å². The minimum Gasteiger partial charge on any atom is -0.497 e. The maximum absolute atomic E-state index is 13.4. The van der Waals surface area contributed by atoms with E-state index in [1.165, 1.54) is 29.2 Å². The van der Waals surface area contributed by atoms with Crippen LogP contribution < -0.4 is 15.6 Å². The van der Waals surface area contributed by atoms with Crippen molar-refractivity contribution in [1.82, 2.24) is 24.6 Å². The molecular weight excluding hydrogens is 401 g/mol. The Morgan fingerprint density at radius 1 is 1.19 bits per heavy atom. The van der Waals surface area contributed by atoms with E-state index in [2.05, 4.69) is 15.4 Å². The van der Waals surface area contributed by atoms with Crippen LogP contribution in [0.5, 0.6) is 5.75 Å². The lowest BCUT2D eigenvalue weighted by Gasteiger charge is -2.08. The number of rotatable bonds is 7. The molecule has 0 aliphatic rings. The number of carbonyl (C=O) groups is 1. The van der Waals surface area contributed by atoms with Gasteiger partial charge in [-0.3, -0.25) is 14.2 Å². The van der Waals surface area contributed by atoms with Gasteiger partial charge in [-0.2, -0.15) is 5.10 Å². The van der Waals surface area contributed by atoms with E-state index in [0.29, 0.717) is 41.0 Å². The van der Waals surface area contributed by atoms with Gasteiger partial charge in [-0.05, 0) is 42.0 Å². The molecule has 2 aromatic heterocycles. The first-order valence-electron chi connectivity index (χ1n) is 9.63. The van der Waals surface area contributed by atoms with Crippen LogP contribution in [0.3, 0.4) is 0 Å². The predicted octanol–water partition coefficient (Wildman–Crippen LogP) is 2.22. The van der Waals surface area contributed by atoms with Gasteiger partial charge >= 0.3 is 0 Å². The summed E-state index contributed by atoms with van der Waals surface area (Å²) in [6.45, 7) is 0.879. The molecule has 0 spiro atoms. The summed E-state index contributed by atoms with van der Waals surface area (Å²) in [6, 6.07) is 12.9. The fourth-order valence-corrected chi connectivity index (χ4v) is 3.23. The minimum atomic E-state index is -0.357. The van der Waals surface area contributed by atoms with Crippen LogP contribution in [0.25, 0.3) is 11.0 Å². The zero-order chi connectivity index (χ0) is 21.8. The Morgan fingerprint density at radius 3 is 2.74 bits per heavy atom. The van der Waals surface area contributed by atoms with E-state index in [1.54, 1.807) is 48.2 Å². The summed E-state index contributed by atoms with van der Waals surface area (Å²) in [5.74, 6) is 0.0994. The number of hydrogen-bond acceptors (Lipinski definition) is 5. The maximum Gasteiger partial charge on any atom is 0.264 e. The maximum atomic E-state index is 13.4. The molecule has 0 aliphatic heterocycles. The second-order valence-corrected chi connectivity index (χ2v) is 6.90. The van der Waals surface area contributed by atoms with E-state index in [9.17, 15) is 14.0 Å². The largest absolute Gasteiger partial charge is 0.497 e. The van der Waals surface area contributed by atoms with Crippen molar-refractivity contribution in [2.75, 3.05) is 13.7 Å². The lowest BCUT2D eigenvalue weighted by Crippen LogP contribution is -2.27. The van der Waals surface area contributed by atoms with E-state index in [4.69, 9.17) is 4.74 Å². The van der Waals surface area contributed by atoms with Gasteiger partial charge in [-0.25, -0.2) is 14.1 Å². The molecule has 0 unspecified atom stereocenters. The number of benzene rings is 2. The van der Waals surface area contributed by atoms with Crippen LogP contribution in [0, 0.1) is 5.82 Å². The first-order valence-corrected chi connectivity index (χ1v) is 9.63. The topological polar surface area (TPSA) is 91.0 Å². The van der Waals surface area contributed by atoms with Gasteiger partial charge in [0.15, 0.2) is 5.65 Å². The smallest absolute Gasteiger partial charge is 0.264 e. The van der Waals surface area contributed by atoms with E-state index in [0.717, 1.165) is 0 Å². The van der Waals surface area contributed by atoms with Crippen molar-refractivity contribution in [3.05, 3.63) is 88.4 Å². The molecule has 4 rings (SSSR count). The number of methoxy groups -OCH3 is 1. The summed E-state index contributed by atoms with van der Waals surface area (Å²) in [5, 5.41) is 7.40. The molecule has 4 aromatic rings. The van der Waals surface area contributed by atoms with Gasteiger partial charge in [0, 0.05) is 12.1 Å². The van der Waals surface area contributed by atoms with Crippen molar-refractivity contribution in [3.63, 3.8) is 0 Å². The fraction of sp³-hybridized carbons (Fsp3) is 0.182. The number of nitrogens with one attached hydrogen (secondary N) is 1. The SMILES string of the molecule is COc1ccc(C(=O)NCCn2ncc3c(=O)n(Cc4cccc(F)c4)cnc32)cc1. The number of nitrogens with zero attached hydrogens (tertiary/aromatic N) is 4. The fourth-order valence-electron chi connectivity index (χ4n) is 3.23. The predicted molar refractivity (Wildman–Crippen MR) is 113 cm³/mol. The standard InChI is InChI=1S/C22H20FN5O3/c1-31-18-7-5-16(6-8-18)21(29)24-9-10-28-20-19(12-26-28)22(30)27(14-25-20)13-15-3-2-4-17(23)11-15/h2-8,11-12,14H,9-10,13H2,1H3,(H,24,29). The van der Waals surface area contributed by atoms with Crippen molar-refractivity contribution >= 4 is 16.9 Å². The van der Waals surface area contributed by atoms with Crippen LogP contribution in [0.1, 0.15) is 15.9 Å². The minimum absolute atomic E-state index is 0.211. The molecule has 158 valence electrons. The van der Waals surface area contributed by atoms with Crippen LogP contribution in [0.4, 0.5) is 4.39 Å². The van der Waals surface area contributed by atoms with Gasteiger partial charge in [0.25, 0.3) is 11.5 Å². The van der Waals surface area contributed by atoms with Crippen LogP contribution in [-0.4, -0.2) is 38.9 Å². The molecule has 0 aliphatic carbocycles. The summed E-state index contributed by atoms with van der Waals surface area (Å²) >= 11 is 0. The van der Waals surface area contributed by atoms with Crippen molar-refractivity contribution < 1.29 is 13.9 Å². The van der Waals surface area contributed by atoms with E-state index < -0.39 is 0 Å². The average molecular weight is 421 g/mol. The number of fused-ring (bicyclic) bond motifs is 1. The van der Waals surface area contributed by atoms with Gasteiger partial charge in [0.2, 0.25) is 0 Å². The van der Waals surface area contributed by atoms with Crippen molar-refractivity contribution in [3.8, 4) is 5.75 Å². The molecule has 0 saturated heterocycles. The normalized spacial score (nSPS) is 10.9. The Labute approximate surface area is 176 Å². The number of carbonyl (C=O) groups excluding carboxylic acids is 1. The lowest BCUT2D eigenvalue weighted by molar-refractivity contribution is 0.0952. The molecule has 8 nitrogen and oxygen atoms in total. The molecule has 2 aromatic carbocycles. The Kier molecular flexibility index (Phi) is 5.74. The molecule has 0 saturated carbocycles. The Balaban J connectivity index is 1.43. The van der Waals surface area contributed by atoms with Gasteiger partial charge in [0.05, 0.1) is 26.4 Å². The first-order chi connectivity index (χ1) is 15.0. The highest BCUT2D eigenvalue weighted by Crippen LogP contribution is 2.11.